The molecule has 0 fully saturated rings. The van der Waals surface area contributed by atoms with Crippen molar-refractivity contribution in [1.82, 2.24) is 4.90 Å². The molecule has 1 aromatic rings. The van der Waals surface area contributed by atoms with Gasteiger partial charge in [0.25, 0.3) is 0 Å². The van der Waals surface area contributed by atoms with Crippen LogP contribution in [0, 0.1) is 5.41 Å². The highest BCUT2D eigenvalue weighted by Crippen LogP contribution is 2.25. The molecule has 0 saturated heterocycles. The first-order valence-corrected chi connectivity index (χ1v) is 7.42. The molecular weight excluding hydrogens is 234 g/mol. The van der Waals surface area contributed by atoms with Gasteiger partial charge >= 0.3 is 0 Å². The van der Waals surface area contributed by atoms with Crippen LogP contribution < -0.4 is 0 Å². The Morgan fingerprint density at radius 3 is 2.74 bits per heavy atom. The number of rotatable bonds is 5. The Hall–Kier alpha value is -1.15. The van der Waals surface area contributed by atoms with Gasteiger partial charge in [-0.05, 0) is 36.9 Å². The van der Waals surface area contributed by atoms with Crippen molar-refractivity contribution in [2.24, 2.45) is 5.41 Å². The van der Waals surface area contributed by atoms with E-state index in [1.807, 2.05) is 0 Å². The molecule has 104 valence electrons. The van der Waals surface area contributed by atoms with E-state index in [1.54, 1.807) is 0 Å². The number of aryl methyl sites for hydroxylation is 1. The van der Waals surface area contributed by atoms with Crippen LogP contribution in [0.15, 0.2) is 24.3 Å². The van der Waals surface area contributed by atoms with Crippen LogP contribution >= 0.6 is 0 Å². The molecule has 1 heterocycles. The third-order valence-corrected chi connectivity index (χ3v) is 4.12. The van der Waals surface area contributed by atoms with Crippen molar-refractivity contribution in [2.75, 3.05) is 13.1 Å². The lowest BCUT2D eigenvalue weighted by Gasteiger charge is -2.30. The average molecular weight is 259 g/mol. The molecule has 2 heteroatoms. The highest BCUT2D eigenvalue weighted by atomic mass is 16.1. The molecule has 0 spiro atoms. The number of fused-ring (bicyclic) bond motifs is 1. The van der Waals surface area contributed by atoms with Crippen molar-refractivity contribution < 1.29 is 4.79 Å². The van der Waals surface area contributed by atoms with Crippen molar-refractivity contribution in [3.8, 4) is 0 Å². The lowest BCUT2D eigenvalue weighted by Crippen LogP contribution is -2.36. The Balaban J connectivity index is 2.08. The zero-order valence-corrected chi connectivity index (χ0v) is 12.2. The minimum absolute atomic E-state index is 0.186. The van der Waals surface area contributed by atoms with Gasteiger partial charge in [0, 0.05) is 18.5 Å². The van der Waals surface area contributed by atoms with E-state index in [2.05, 4.69) is 43.0 Å². The number of carbonyl (C=O) groups is 1. The normalized spacial score (nSPS) is 19.3. The second kappa shape index (κ2) is 6.33. The van der Waals surface area contributed by atoms with Gasteiger partial charge in [-0.1, -0.05) is 44.5 Å². The van der Waals surface area contributed by atoms with E-state index in [9.17, 15) is 4.79 Å². The minimum atomic E-state index is -0.186. The summed E-state index contributed by atoms with van der Waals surface area (Å²) in [7, 11) is 0. The van der Waals surface area contributed by atoms with Crippen molar-refractivity contribution >= 4 is 6.29 Å². The maximum Gasteiger partial charge on any atom is 0.127 e. The minimum Gasteiger partial charge on any atom is -0.303 e. The SMILES string of the molecule is CCCC(C)(C=O)CN1CCCc2ccccc2C1. The van der Waals surface area contributed by atoms with Crippen molar-refractivity contribution in [3.63, 3.8) is 0 Å². The summed E-state index contributed by atoms with van der Waals surface area (Å²) in [5, 5.41) is 0. The third-order valence-electron chi connectivity index (χ3n) is 4.12. The molecule has 2 nitrogen and oxygen atoms in total. The Bertz CT molecular complexity index is 429. The summed E-state index contributed by atoms with van der Waals surface area (Å²) in [5.74, 6) is 0. The Labute approximate surface area is 116 Å². The number of aldehydes is 1. The number of hydrogen-bond donors (Lipinski definition) is 0. The second-order valence-corrected chi connectivity index (χ2v) is 6.10. The fourth-order valence-electron chi connectivity index (χ4n) is 3.16. The maximum atomic E-state index is 11.4. The molecule has 0 N–H and O–H groups in total. The Morgan fingerprint density at radius 1 is 1.32 bits per heavy atom. The largest absolute Gasteiger partial charge is 0.303 e. The average Bonchev–Trinajstić information content (AvgIpc) is 2.60. The maximum absolute atomic E-state index is 11.4. The van der Waals surface area contributed by atoms with Crippen molar-refractivity contribution in [2.45, 2.75) is 46.1 Å². The molecule has 1 aliphatic rings. The molecule has 0 aromatic heterocycles. The van der Waals surface area contributed by atoms with E-state index in [0.29, 0.717) is 0 Å². The van der Waals surface area contributed by atoms with Crippen LogP contribution in [-0.2, 0) is 17.8 Å². The molecular formula is C17H25NO. The summed E-state index contributed by atoms with van der Waals surface area (Å²) >= 11 is 0. The monoisotopic (exact) mass is 259 g/mol. The molecule has 0 aliphatic carbocycles. The zero-order chi connectivity index (χ0) is 13.7. The van der Waals surface area contributed by atoms with E-state index in [1.165, 1.54) is 17.5 Å². The third kappa shape index (κ3) is 3.66. The van der Waals surface area contributed by atoms with Gasteiger partial charge in [0.2, 0.25) is 0 Å². The molecule has 1 aromatic carbocycles. The molecule has 0 bridgehead atoms. The summed E-state index contributed by atoms with van der Waals surface area (Å²) < 4.78 is 0. The van der Waals surface area contributed by atoms with Crippen LogP contribution in [0.5, 0.6) is 0 Å². The van der Waals surface area contributed by atoms with Gasteiger partial charge in [0.15, 0.2) is 0 Å². The van der Waals surface area contributed by atoms with Crippen molar-refractivity contribution in [3.05, 3.63) is 35.4 Å². The van der Waals surface area contributed by atoms with Gasteiger partial charge in [-0.3, -0.25) is 4.90 Å². The van der Waals surface area contributed by atoms with Crippen molar-refractivity contribution in [1.29, 1.82) is 0 Å². The smallest absolute Gasteiger partial charge is 0.127 e. The quantitative estimate of drug-likeness (QED) is 0.755. The highest BCUT2D eigenvalue weighted by molar-refractivity contribution is 5.59. The Kier molecular flexibility index (Phi) is 4.76. The summed E-state index contributed by atoms with van der Waals surface area (Å²) in [6.45, 7) is 7.23. The fourth-order valence-corrected chi connectivity index (χ4v) is 3.16. The molecule has 1 unspecified atom stereocenters. The summed E-state index contributed by atoms with van der Waals surface area (Å²) in [6.07, 6.45) is 5.57. The van der Waals surface area contributed by atoms with Crippen LogP contribution in [-0.4, -0.2) is 24.3 Å². The topological polar surface area (TPSA) is 20.3 Å². The highest BCUT2D eigenvalue weighted by Gasteiger charge is 2.26. The van der Waals surface area contributed by atoms with Crippen LogP contribution in [0.3, 0.4) is 0 Å². The summed E-state index contributed by atoms with van der Waals surface area (Å²) in [4.78, 5) is 13.8. The van der Waals surface area contributed by atoms with Crippen LogP contribution in [0.4, 0.5) is 0 Å². The van der Waals surface area contributed by atoms with Crippen LogP contribution in [0.1, 0.15) is 44.2 Å². The molecule has 1 aliphatic heterocycles. The number of hydrogen-bond acceptors (Lipinski definition) is 2. The van der Waals surface area contributed by atoms with E-state index in [-0.39, 0.29) is 5.41 Å². The first kappa shape index (κ1) is 14.3. The standard InChI is InChI=1S/C17H25NO/c1-3-10-17(2,14-19)13-18-11-6-9-15-7-4-5-8-16(15)12-18/h4-5,7-8,14H,3,6,9-13H2,1-2H3. The number of nitrogens with zero attached hydrogens (tertiary/aromatic N) is 1. The van der Waals surface area contributed by atoms with Gasteiger partial charge in [-0.25, -0.2) is 0 Å². The molecule has 0 saturated carbocycles. The van der Waals surface area contributed by atoms with Gasteiger partial charge in [0.05, 0.1) is 0 Å². The molecule has 0 amide bonds. The molecule has 2 rings (SSSR count). The van der Waals surface area contributed by atoms with Gasteiger partial charge in [-0.15, -0.1) is 0 Å². The second-order valence-electron chi connectivity index (χ2n) is 6.10. The Morgan fingerprint density at radius 2 is 2.05 bits per heavy atom. The predicted molar refractivity (Wildman–Crippen MR) is 79.1 cm³/mol. The van der Waals surface area contributed by atoms with Crippen LogP contribution in [0.25, 0.3) is 0 Å². The van der Waals surface area contributed by atoms with E-state index in [4.69, 9.17) is 0 Å². The number of carbonyl (C=O) groups excluding carboxylic acids is 1. The predicted octanol–water partition coefficient (Wildman–Crippen LogP) is 3.44. The van der Waals surface area contributed by atoms with E-state index in [0.717, 1.165) is 45.2 Å². The summed E-state index contributed by atoms with van der Waals surface area (Å²) in [6, 6.07) is 8.71. The first-order valence-electron chi connectivity index (χ1n) is 7.42. The molecule has 19 heavy (non-hydrogen) atoms. The number of benzene rings is 1. The zero-order valence-electron chi connectivity index (χ0n) is 12.2. The van der Waals surface area contributed by atoms with Crippen LogP contribution in [0.2, 0.25) is 0 Å². The first-order chi connectivity index (χ1) is 9.17. The van der Waals surface area contributed by atoms with E-state index < -0.39 is 0 Å². The summed E-state index contributed by atoms with van der Waals surface area (Å²) in [5.41, 5.74) is 2.73. The van der Waals surface area contributed by atoms with E-state index >= 15 is 0 Å². The lowest BCUT2D eigenvalue weighted by atomic mass is 9.86. The fraction of sp³-hybridized carbons (Fsp3) is 0.588. The van der Waals surface area contributed by atoms with Gasteiger partial charge < -0.3 is 4.79 Å². The lowest BCUT2D eigenvalue weighted by molar-refractivity contribution is -0.116. The molecule has 1 atom stereocenters. The van der Waals surface area contributed by atoms with Gasteiger partial charge in [-0.2, -0.15) is 0 Å². The molecule has 0 radical (unpaired) electrons. The van der Waals surface area contributed by atoms with Gasteiger partial charge in [0.1, 0.15) is 6.29 Å².